The van der Waals surface area contributed by atoms with E-state index in [9.17, 15) is 0 Å². The molecular weight excluding hydrogens is 436 g/mol. The molecule has 5 aromatic rings. The van der Waals surface area contributed by atoms with Crippen LogP contribution in [0, 0.1) is 0 Å². The van der Waals surface area contributed by atoms with Crippen LogP contribution < -0.4 is 10.6 Å². The Morgan fingerprint density at radius 3 is 2.66 bits per heavy atom. The number of benzene rings is 2. The second-order valence-electron chi connectivity index (χ2n) is 8.61. The Morgan fingerprint density at radius 1 is 1.00 bits per heavy atom. The number of furan rings is 1. The number of aliphatic imine (C=N–C) groups is 2. The summed E-state index contributed by atoms with van der Waals surface area (Å²) < 4.78 is 6.15. The fourth-order valence-electron chi connectivity index (χ4n) is 4.54. The van der Waals surface area contributed by atoms with Gasteiger partial charge in [-0.25, -0.2) is 0 Å². The van der Waals surface area contributed by atoms with Gasteiger partial charge in [0.1, 0.15) is 23.0 Å². The monoisotopic (exact) mass is 462 g/mol. The molecule has 35 heavy (non-hydrogen) atoms. The van der Waals surface area contributed by atoms with E-state index >= 15 is 0 Å². The van der Waals surface area contributed by atoms with Crippen molar-refractivity contribution in [2.75, 3.05) is 27.2 Å². The van der Waals surface area contributed by atoms with Crippen LogP contribution in [0.4, 0.5) is 0 Å². The smallest absolute Gasteiger partial charge is 0.136 e. The average Bonchev–Trinajstić information content (AvgIpc) is 3.54. The van der Waals surface area contributed by atoms with Crippen molar-refractivity contribution in [2.45, 2.75) is 6.42 Å². The Hall–Kier alpha value is -4.39. The standard InChI is InChI=1S/C28H26N6O/c1-29-27(30-2)20-7-5-18-14-26(35-25(18)15-20)21-8-9-22(33-16-21)24-12-17-4-6-19(13-23(17)34-24)28-31-10-3-11-32-28/h4-9,12-16,34H,3,10-11H2,1-2H3,(H,29,30)(H,31,32). The Morgan fingerprint density at radius 2 is 1.89 bits per heavy atom. The molecule has 6 rings (SSSR count). The van der Waals surface area contributed by atoms with Crippen LogP contribution in [-0.2, 0) is 0 Å². The molecule has 7 nitrogen and oxygen atoms in total. The van der Waals surface area contributed by atoms with E-state index in [0.29, 0.717) is 0 Å². The van der Waals surface area contributed by atoms with Gasteiger partial charge in [0.25, 0.3) is 0 Å². The Balaban J connectivity index is 1.28. The van der Waals surface area contributed by atoms with Crippen molar-refractivity contribution < 1.29 is 4.42 Å². The molecule has 4 heterocycles. The molecule has 1 aliphatic rings. The summed E-state index contributed by atoms with van der Waals surface area (Å²) in [6.07, 6.45) is 2.94. The van der Waals surface area contributed by atoms with E-state index in [0.717, 1.165) is 86.9 Å². The third-order valence-corrected chi connectivity index (χ3v) is 6.37. The third-order valence-electron chi connectivity index (χ3n) is 6.37. The van der Waals surface area contributed by atoms with Crippen LogP contribution in [0.5, 0.6) is 0 Å². The fourth-order valence-corrected chi connectivity index (χ4v) is 4.54. The lowest BCUT2D eigenvalue weighted by atomic mass is 10.1. The van der Waals surface area contributed by atoms with Crippen LogP contribution in [0.15, 0.2) is 81.3 Å². The van der Waals surface area contributed by atoms with E-state index in [2.05, 4.69) is 55.9 Å². The van der Waals surface area contributed by atoms with Crippen LogP contribution in [0.2, 0.25) is 0 Å². The normalized spacial score (nSPS) is 14.2. The van der Waals surface area contributed by atoms with Gasteiger partial charge >= 0.3 is 0 Å². The van der Waals surface area contributed by atoms with Gasteiger partial charge < -0.3 is 20.0 Å². The third kappa shape index (κ3) is 3.95. The minimum absolute atomic E-state index is 0.790. The lowest BCUT2D eigenvalue weighted by Gasteiger charge is -2.14. The Bertz CT molecular complexity index is 1590. The highest BCUT2D eigenvalue weighted by Crippen LogP contribution is 2.30. The molecule has 0 fully saturated rings. The van der Waals surface area contributed by atoms with E-state index in [-0.39, 0.29) is 0 Å². The van der Waals surface area contributed by atoms with Gasteiger partial charge in [-0.15, -0.1) is 0 Å². The van der Waals surface area contributed by atoms with E-state index < -0.39 is 0 Å². The molecule has 0 atom stereocenters. The summed E-state index contributed by atoms with van der Waals surface area (Å²) in [6.45, 7) is 1.85. The molecule has 0 saturated carbocycles. The second kappa shape index (κ2) is 8.76. The number of hydrogen-bond donors (Lipinski definition) is 3. The molecule has 174 valence electrons. The maximum absolute atomic E-state index is 6.15. The van der Waals surface area contributed by atoms with Gasteiger partial charge in [0.15, 0.2) is 0 Å². The lowest BCUT2D eigenvalue weighted by Crippen LogP contribution is -2.30. The number of pyridine rings is 1. The predicted molar refractivity (Wildman–Crippen MR) is 142 cm³/mol. The first-order valence-electron chi connectivity index (χ1n) is 11.8. The largest absolute Gasteiger partial charge is 0.456 e. The average molecular weight is 463 g/mol. The zero-order chi connectivity index (χ0) is 23.8. The summed E-state index contributed by atoms with van der Waals surface area (Å²) in [7, 11) is 3.63. The van der Waals surface area contributed by atoms with Crippen LogP contribution >= 0.6 is 0 Å². The first-order chi connectivity index (χ1) is 17.2. The molecule has 3 N–H and O–H groups in total. The molecule has 0 radical (unpaired) electrons. The van der Waals surface area contributed by atoms with Crippen LogP contribution in [0.25, 0.3) is 44.6 Å². The summed E-state index contributed by atoms with van der Waals surface area (Å²) >= 11 is 0. The van der Waals surface area contributed by atoms with Gasteiger partial charge in [-0.3, -0.25) is 15.0 Å². The second-order valence-corrected chi connectivity index (χ2v) is 8.61. The molecule has 7 heteroatoms. The lowest BCUT2D eigenvalue weighted by molar-refractivity contribution is 0.631. The van der Waals surface area contributed by atoms with Crippen molar-refractivity contribution >= 4 is 33.5 Å². The SMILES string of the molecule is CN=C(NC)c1ccc2cc(-c3ccc(-c4cc5ccc(C6=NCCCN6)cc5[nH]4)nc3)oc2c1. The molecule has 2 aromatic carbocycles. The minimum atomic E-state index is 0.790. The summed E-state index contributed by atoms with van der Waals surface area (Å²) in [5.74, 6) is 2.58. The number of aromatic amines is 1. The zero-order valence-electron chi connectivity index (χ0n) is 19.7. The van der Waals surface area contributed by atoms with Gasteiger partial charge in [0.2, 0.25) is 0 Å². The van der Waals surface area contributed by atoms with E-state index in [4.69, 9.17) is 9.40 Å². The van der Waals surface area contributed by atoms with Gasteiger partial charge in [-0.2, -0.15) is 0 Å². The zero-order valence-corrected chi connectivity index (χ0v) is 19.7. The first-order valence-corrected chi connectivity index (χ1v) is 11.8. The van der Waals surface area contributed by atoms with Gasteiger partial charge in [-0.1, -0.05) is 24.3 Å². The maximum Gasteiger partial charge on any atom is 0.136 e. The topological polar surface area (TPSA) is 90.6 Å². The summed E-state index contributed by atoms with van der Waals surface area (Å²) in [6, 6.07) is 20.7. The van der Waals surface area contributed by atoms with Crippen molar-refractivity contribution in [3.05, 3.63) is 78.0 Å². The predicted octanol–water partition coefficient (Wildman–Crippen LogP) is 4.98. The Labute approximate surface area is 203 Å². The molecule has 0 spiro atoms. The number of fused-ring (bicyclic) bond motifs is 2. The highest BCUT2D eigenvalue weighted by molar-refractivity contribution is 6.03. The molecule has 0 aliphatic carbocycles. The molecular formula is C28H26N6O. The summed E-state index contributed by atoms with van der Waals surface area (Å²) in [4.78, 5) is 17.1. The fraction of sp³-hybridized carbons (Fsp3) is 0.179. The van der Waals surface area contributed by atoms with Crippen molar-refractivity contribution in [3.63, 3.8) is 0 Å². The Kier molecular flexibility index (Phi) is 5.29. The number of hydrogen-bond acceptors (Lipinski definition) is 5. The number of amidine groups is 2. The van der Waals surface area contributed by atoms with Gasteiger partial charge in [-0.05, 0) is 42.8 Å². The van der Waals surface area contributed by atoms with Crippen molar-refractivity contribution in [1.82, 2.24) is 20.6 Å². The van der Waals surface area contributed by atoms with Crippen molar-refractivity contribution in [3.8, 4) is 22.7 Å². The number of rotatable bonds is 4. The summed E-state index contributed by atoms with van der Waals surface area (Å²) in [5.41, 5.74) is 6.79. The summed E-state index contributed by atoms with van der Waals surface area (Å²) in [5, 5.41) is 8.69. The highest BCUT2D eigenvalue weighted by atomic mass is 16.3. The van der Waals surface area contributed by atoms with E-state index in [1.54, 1.807) is 7.05 Å². The molecule has 0 saturated heterocycles. The van der Waals surface area contributed by atoms with Gasteiger partial charge in [0, 0.05) is 66.4 Å². The number of H-pyrrole nitrogens is 1. The molecule has 0 unspecified atom stereocenters. The van der Waals surface area contributed by atoms with E-state index in [1.807, 2.05) is 43.6 Å². The quantitative estimate of drug-likeness (QED) is 0.260. The molecule has 0 bridgehead atoms. The molecule has 3 aromatic heterocycles. The maximum atomic E-state index is 6.15. The van der Waals surface area contributed by atoms with Crippen molar-refractivity contribution in [1.29, 1.82) is 0 Å². The first kappa shape index (κ1) is 21.2. The minimum Gasteiger partial charge on any atom is -0.456 e. The van der Waals surface area contributed by atoms with Crippen molar-refractivity contribution in [2.24, 2.45) is 9.98 Å². The molecule has 0 amide bonds. The van der Waals surface area contributed by atoms with Gasteiger partial charge in [0.05, 0.1) is 11.4 Å². The molecule has 1 aliphatic heterocycles. The number of aromatic nitrogens is 2. The van der Waals surface area contributed by atoms with Crippen LogP contribution in [-0.4, -0.2) is 48.8 Å². The van der Waals surface area contributed by atoms with Crippen LogP contribution in [0.1, 0.15) is 17.5 Å². The van der Waals surface area contributed by atoms with E-state index in [1.165, 1.54) is 0 Å². The highest BCUT2D eigenvalue weighted by Gasteiger charge is 2.12. The van der Waals surface area contributed by atoms with Crippen LogP contribution in [0.3, 0.4) is 0 Å². The number of nitrogens with one attached hydrogen (secondary N) is 3. The number of nitrogens with zero attached hydrogens (tertiary/aromatic N) is 3.